The molecule has 0 amide bonds. The first-order chi connectivity index (χ1) is 8.49. The number of halogens is 2. The van der Waals surface area contributed by atoms with E-state index in [1.165, 1.54) is 12.5 Å². The fraction of sp³-hybridized carbons (Fsp3) is 0.600. The highest BCUT2D eigenvalue weighted by Gasteiger charge is 2.32. The summed E-state index contributed by atoms with van der Waals surface area (Å²) in [6.07, 6.45) is 5.97. The normalized spacial score (nSPS) is 20.7. The average Bonchev–Trinajstić information content (AvgIpc) is 2.35. The summed E-state index contributed by atoms with van der Waals surface area (Å²) in [7, 11) is 0. The van der Waals surface area contributed by atoms with E-state index in [1.54, 1.807) is 6.07 Å². The Balaban J connectivity index is 2.08. The van der Waals surface area contributed by atoms with Crippen LogP contribution < -0.4 is 0 Å². The van der Waals surface area contributed by atoms with Gasteiger partial charge in [-0.2, -0.15) is 0 Å². The van der Waals surface area contributed by atoms with Crippen molar-refractivity contribution in [3.63, 3.8) is 0 Å². The molecule has 1 unspecified atom stereocenters. The van der Waals surface area contributed by atoms with E-state index in [2.05, 4.69) is 0 Å². The molecule has 1 aliphatic rings. The Morgan fingerprint density at radius 3 is 2.44 bits per heavy atom. The van der Waals surface area contributed by atoms with Crippen molar-refractivity contribution in [1.82, 2.24) is 0 Å². The Bertz CT molecular complexity index is 409. The summed E-state index contributed by atoms with van der Waals surface area (Å²) in [6.45, 7) is 1.81. The van der Waals surface area contributed by atoms with E-state index in [4.69, 9.17) is 0 Å². The van der Waals surface area contributed by atoms with Crippen LogP contribution in [0.4, 0.5) is 8.78 Å². The van der Waals surface area contributed by atoms with Crippen molar-refractivity contribution in [3.05, 3.63) is 35.4 Å². The highest BCUT2D eigenvalue weighted by atomic mass is 19.2. The molecular formula is C15H20F2O. The molecule has 1 saturated carbocycles. The maximum Gasteiger partial charge on any atom is 0.159 e. The van der Waals surface area contributed by atoms with Gasteiger partial charge in [-0.25, -0.2) is 8.78 Å². The van der Waals surface area contributed by atoms with Crippen molar-refractivity contribution >= 4 is 0 Å². The average molecular weight is 254 g/mol. The summed E-state index contributed by atoms with van der Waals surface area (Å²) >= 11 is 0. The van der Waals surface area contributed by atoms with Gasteiger partial charge in [0.25, 0.3) is 0 Å². The number of rotatable bonds is 3. The van der Waals surface area contributed by atoms with E-state index in [0.717, 1.165) is 31.7 Å². The smallest absolute Gasteiger partial charge is 0.159 e. The largest absolute Gasteiger partial charge is 0.390 e. The molecule has 0 heterocycles. The van der Waals surface area contributed by atoms with Crippen LogP contribution in [0.15, 0.2) is 18.2 Å². The zero-order valence-corrected chi connectivity index (χ0v) is 10.8. The molecule has 0 radical (unpaired) electrons. The lowest BCUT2D eigenvalue weighted by molar-refractivity contribution is -0.0160. The van der Waals surface area contributed by atoms with Crippen molar-refractivity contribution in [1.29, 1.82) is 0 Å². The van der Waals surface area contributed by atoms with Crippen LogP contribution in [0.2, 0.25) is 0 Å². The van der Waals surface area contributed by atoms with Gasteiger partial charge in [0, 0.05) is 6.42 Å². The Hall–Kier alpha value is -0.960. The second-order valence-electron chi connectivity index (χ2n) is 5.62. The van der Waals surface area contributed by atoms with Crippen molar-refractivity contribution in [2.45, 2.75) is 51.0 Å². The fourth-order valence-electron chi connectivity index (χ4n) is 2.93. The van der Waals surface area contributed by atoms with E-state index in [9.17, 15) is 13.9 Å². The molecule has 100 valence electrons. The molecule has 1 aromatic carbocycles. The number of hydrogen-bond donors (Lipinski definition) is 1. The Kier molecular flexibility index (Phi) is 4.00. The Labute approximate surface area is 107 Å². The number of benzene rings is 1. The van der Waals surface area contributed by atoms with Crippen LogP contribution in [-0.2, 0) is 6.42 Å². The number of aliphatic hydroxyl groups is 1. The van der Waals surface area contributed by atoms with Crippen LogP contribution in [0.1, 0.15) is 44.6 Å². The topological polar surface area (TPSA) is 20.2 Å². The molecule has 1 nitrogen and oxygen atoms in total. The van der Waals surface area contributed by atoms with Crippen LogP contribution >= 0.6 is 0 Å². The first kappa shape index (κ1) is 13.5. The van der Waals surface area contributed by atoms with Gasteiger partial charge < -0.3 is 5.11 Å². The molecule has 0 spiro atoms. The van der Waals surface area contributed by atoms with Gasteiger partial charge in [-0.05, 0) is 43.4 Å². The number of hydrogen-bond acceptors (Lipinski definition) is 1. The van der Waals surface area contributed by atoms with Gasteiger partial charge in [-0.1, -0.05) is 25.3 Å². The van der Waals surface area contributed by atoms with Gasteiger partial charge in [-0.3, -0.25) is 0 Å². The van der Waals surface area contributed by atoms with E-state index in [-0.39, 0.29) is 5.92 Å². The lowest BCUT2D eigenvalue weighted by atomic mass is 9.75. The molecule has 18 heavy (non-hydrogen) atoms. The molecule has 1 fully saturated rings. The quantitative estimate of drug-likeness (QED) is 0.869. The Morgan fingerprint density at radius 2 is 1.83 bits per heavy atom. The van der Waals surface area contributed by atoms with Gasteiger partial charge in [0.2, 0.25) is 0 Å². The third kappa shape index (κ3) is 3.08. The van der Waals surface area contributed by atoms with Crippen LogP contribution in [0.5, 0.6) is 0 Å². The molecule has 1 atom stereocenters. The van der Waals surface area contributed by atoms with Crippen molar-refractivity contribution in [2.75, 3.05) is 0 Å². The van der Waals surface area contributed by atoms with Gasteiger partial charge >= 0.3 is 0 Å². The zero-order chi connectivity index (χ0) is 13.2. The molecular weight excluding hydrogens is 234 g/mol. The summed E-state index contributed by atoms with van der Waals surface area (Å²) in [6, 6.07) is 3.87. The predicted octanol–water partition coefficient (Wildman–Crippen LogP) is 3.84. The molecule has 0 aromatic heterocycles. The molecule has 0 aliphatic heterocycles. The predicted molar refractivity (Wildman–Crippen MR) is 67.3 cm³/mol. The van der Waals surface area contributed by atoms with E-state index in [1.807, 2.05) is 6.92 Å². The SMILES string of the molecule is CC(O)(Cc1ccc(F)c(F)c1)C1CCCCC1. The van der Waals surface area contributed by atoms with Gasteiger partial charge in [-0.15, -0.1) is 0 Å². The lowest BCUT2D eigenvalue weighted by Crippen LogP contribution is -2.38. The van der Waals surface area contributed by atoms with Gasteiger partial charge in [0.05, 0.1) is 5.60 Å². The molecule has 0 bridgehead atoms. The van der Waals surface area contributed by atoms with Crippen LogP contribution in [0.3, 0.4) is 0 Å². The zero-order valence-electron chi connectivity index (χ0n) is 10.8. The van der Waals surface area contributed by atoms with Crippen LogP contribution in [0.25, 0.3) is 0 Å². The third-order valence-corrected chi connectivity index (χ3v) is 4.03. The van der Waals surface area contributed by atoms with Crippen molar-refractivity contribution < 1.29 is 13.9 Å². The molecule has 1 aliphatic carbocycles. The van der Waals surface area contributed by atoms with Crippen molar-refractivity contribution in [3.8, 4) is 0 Å². The summed E-state index contributed by atoms with van der Waals surface area (Å²) in [5.74, 6) is -1.41. The maximum absolute atomic E-state index is 13.1. The first-order valence-corrected chi connectivity index (χ1v) is 6.65. The van der Waals surface area contributed by atoms with E-state index < -0.39 is 17.2 Å². The maximum atomic E-state index is 13.1. The van der Waals surface area contributed by atoms with Gasteiger partial charge in [0.1, 0.15) is 0 Å². The summed E-state index contributed by atoms with van der Waals surface area (Å²) in [5.41, 5.74) is -0.172. The fourth-order valence-corrected chi connectivity index (χ4v) is 2.93. The molecule has 1 N–H and O–H groups in total. The van der Waals surface area contributed by atoms with Crippen molar-refractivity contribution in [2.24, 2.45) is 5.92 Å². The summed E-state index contributed by atoms with van der Waals surface area (Å²) in [5, 5.41) is 10.5. The second kappa shape index (κ2) is 5.35. The molecule has 1 aromatic rings. The van der Waals surface area contributed by atoms with Crippen LogP contribution in [-0.4, -0.2) is 10.7 Å². The monoisotopic (exact) mass is 254 g/mol. The second-order valence-corrected chi connectivity index (χ2v) is 5.62. The standard InChI is InChI=1S/C15H20F2O/c1-15(18,12-5-3-2-4-6-12)10-11-7-8-13(16)14(17)9-11/h7-9,12,18H,2-6,10H2,1H3. The van der Waals surface area contributed by atoms with E-state index >= 15 is 0 Å². The molecule has 2 rings (SSSR count). The minimum Gasteiger partial charge on any atom is -0.390 e. The van der Waals surface area contributed by atoms with Crippen LogP contribution in [0, 0.1) is 17.6 Å². The summed E-state index contributed by atoms with van der Waals surface area (Å²) in [4.78, 5) is 0. The highest BCUT2D eigenvalue weighted by molar-refractivity contribution is 5.19. The van der Waals surface area contributed by atoms with Gasteiger partial charge in [0.15, 0.2) is 11.6 Å². The lowest BCUT2D eigenvalue weighted by Gasteiger charge is -2.35. The minimum atomic E-state index is -0.841. The van der Waals surface area contributed by atoms with E-state index in [0.29, 0.717) is 12.0 Å². The first-order valence-electron chi connectivity index (χ1n) is 6.65. The summed E-state index contributed by atoms with van der Waals surface area (Å²) < 4.78 is 26.0. The highest BCUT2D eigenvalue weighted by Crippen LogP contribution is 2.34. The Morgan fingerprint density at radius 1 is 1.17 bits per heavy atom. The minimum absolute atomic E-state index is 0.263. The molecule has 3 heteroatoms. The third-order valence-electron chi connectivity index (χ3n) is 4.03. The molecule has 0 saturated heterocycles.